The average Bonchev–Trinajstić information content (AvgIpc) is 1.63. The van der Waals surface area contributed by atoms with Crippen LogP contribution in [0.5, 0.6) is 0 Å². The van der Waals surface area contributed by atoms with Gasteiger partial charge in [-0.05, 0) is 0 Å². The lowest BCUT2D eigenvalue weighted by Crippen LogP contribution is -2.49. The molecule has 3 N–H and O–H groups in total. The Hall–Kier alpha value is 0.350. The lowest BCUT2D eigenvalue weighted by atomic mass is 10.5. The smallest absolute Gasteiger partial charge is 0.109 e. The number of quaternary nitrogens is 1. The molecule has 0 unspecified atom stereocenters. The molecule has 0 rings (SSSR count). The van der Waals surface area contributed by atoms with Gasteiger partial charge in [0.25, 0.3) is 0 Å². The molecule has 0 aliphatic rings. The Morgan fingerprint density at radius 2 is 1.89 bits per heavy atom. The molecule has 0 fully saturated rings. The van der Waals surface area contributed by atoms with E-state index in [-0.39, 0.29) is 0 Å². The lowest BCUT2D eigenvalue weighted by molar-refractivity contribution is -0.689. The number of hydrogen-bond acceptors (Lipinski definition) is 1. The summed E-state index contributed by atoms with van der Waals surface area (Å²) in [5, 5.41) is 0. The van der Waals surface area contributed by atoms with Crippen molar-refractivity contribution in [3.63, 3.8) is 0 Å². The molecule has 0 aliphatic carbocycles. The van der Waals surface area contributed by atoms with Crippen molar-refractivity contribution in [1.29, 1.82) is 0 Å². The van der Waals surface area contributed by atoms with E-state index in [1.54, 1.807) is 0 Å². The number of rotatable bonds is 4. The SMILES string of the molecule is C[P+](C)(C)CCCO[NH3+]. The second-order valence-electron chi connectivity index (χ2n) is 3.28. The van der Waals surface area contributed by atoms with Crippen molar-refractivity contribution >= 4 is 7.26 Å². The van der Waals surface area contributed by atoms with Crippen molar-refractivity contribution in [1.82, 2.24) is 0 Å². The van der Waals surface area contributed by atoms with Crippen molar-refractivity contribution in [2.45, 2.75) is 6.42 Å². The first-order valence-corrected chi connectivity index (χ1v) is 6.55. The van der Waals surface area contributed by atoms with Crippen LogP contribution in [0.4, 0.5) is 0 Å². The van der Waals surface area contributed by atoms with Gasteiger partial charge in [-0.25, -0.2) is 10.7 Å². The summed E-state index contributed by atoms with van der Waals surface area (Å²) >= 11 is 0. The maximum absolute atomic E-state index is 4.70. The summed E-state index contributed by atoms with van der Waals surface area (Å²) in [6, 6.07) is 0. The monoisotopic (exact) mass is 151 g/mol. The van der Waals surface area contributed by atoms with Crippen LogP contribution in [0.1, 0.15) is 6.42 Å². The van der Waals surface area contributed by atoms with Crippen molar-refractivity contribution in [3.05, 3.63) is 0 Å². The molecule has 9 heavy (non-hydrogen) atoms. The molecule has 0 spiro atoms. The third-order valence-electron chi connectivity index (χ3n) is 1.12. The first kappa shape index (κ1) is 9.35. The van der Waals surface area contributed by atoms with Gasteiger partial charge < -0.3 is 0 Å². The minimum atomic E-state index is -0.553. The van der Waals surface area contributed by atoms with Crippen LogP contribution in [0, 0.1) is 0 Å². The highest BCUT2D eigenvalue weighted by molar-refractivity contribution is 7.73. The van der Waals surface area contributed by atoms with Crippen LogP contribution in [-0.2, 0) is 4.84 Å². The fraction of sp³-hybridized carbons (Fsp3) is 1.00. The fourth-order valence-electron chi connectivity index (χ4n) is 0.641. The zero-order chi connectivity index (χ0) is 7.33. The minimum absolute atomic E-state index is 0.553. The van der Waals surface area contributed by atoms with Gasteiger partial charge in [0.05, 0.1) is 6.16 Å². The Balaban J connectivity index is 3.07. The van der Waals surface area contributed by atoms with E-state index in [1.807, 2.05) is 0 Å². The molecular weight excluding hydrogens is 133 g/mol. The summed E-state index contributed by atoms with van der Waals surface area (Å²) < 4.78 is 0. The van der Waals surface area contributed by atoms with Gasteiger partial charge in [0.2, 0.25) is 0 Å². The summed E-state index contributed by atoms with van der Waals surface area (Å²) in [7, 11) is -0.553. The molecule has 3 heteroatoms. The summed E-state index contributed by atoms with van der Waals surface area (Å²) in [6.07, 6.45) is 2.49. The molecule has 0 aromatic rings. The van der Waals surface area contributed by atoms with E-state index in [0.29, 0.717) is 0 Å². The van der Waals surface area contributed by atoms with Crippen LogP contribution >= 0.6 is 7.26 Å². The normalized spacial score (nSPS) is 12.0. The third-order valence-corrected chi connectivity index (χ3v) is 2.78. The maximum atomic E-state index is 4.70. The summed E-state index contributed by atoms with van der Waals surface area (Å²) in [5.41, 5.74) is 0. The largest absolute Gasteiger partial charge is 0.213 e. The van der Waals surface area contributed by atoms with Crippen molar-refractivity contribution in [3.8, 4) is 0 Å². The Morgan fingerprint density at radius 1 is 1.33 bits per heavy atom. The van der Waals surface area contributed by atoms with E-state index in [1.165, 1.54) is 12.6 Å². The van der Waals surface area contributed by atoms with Crippen molar-refractivity contribution in [2.24, 2.45) is 0 Å². The molecule has 0 bridgehead atoms. The molecule has 0 amide bonds. The molecule has 0 heterocycles. The van der Waals surface area contributed by atoms with E-state index in [0.717, 1.165) is 6.61 Å². The third kappa shape index (κ3) is 8.35. The zero-order valence-electron chi connectivity index (χ0n) is 6.68. The highest BCUT2D eigenvalue weighted by Gasteiger charge is 2.15. The highest BCUT2D eigenvalue weighted by Crippen LogP contribution is 2.46. The van der Waals surface area contributed by atoms with Crippen molar-refractivity contribution in [2.75, 3.05) is 32.8 Å². The summed E-state index contributed by atoms with van der Waals surface area (Å²) in [5.74, 6) is 3.32. The second-order valence-corrected chi connectivity index (χ2v) is 8.30. The van der Waals surface area contributed by atoms with E-state index < -0.39 is 7.26 Å². The Morgan fingerprint density at radius 3 is 2.22 bits per heavy atom. The average molecular weight is 151 g/mol. The van der Waals surface area contributed by atoms with Crippen LogP contribution in [0.25, 0.3) is 0 Å². The lowest BCUT2D eigenvalue weighted by Gasteiger charge is -2.09. The molecule has 0 aliphatic heterocycles. The van der Waals surface area contributed by atoms with E-state index in [4.69, 9.17) is 4.84 Å². The zero-order valence-corrected chi connectivity index (χ0v) is 7.58. The van der Waals surface area contributed by atoms with Gasteiger partial charge in [0.15, 0.2) is 0 Å². The molecule has 2 nitrogen and oxygen atoms in total. The highest BCUT2D eigenvalue weighted by atomic mass is 31.2. The van der Waals surface area contributed by atoms with Gasteiger partial charge in [0, 0.05) is 33.7 Å². The van der Waals surface area contributed by atoms with Gasteiger partial charge in [-0.2, -0.15) is 0 Å². The topological polar surface area (TPSA) is 36.9 Å². The molecule has 0 radical (unpaired) electrons. The molecule has 0 saturated heterocycles. The predicted molar refractivity (Wildman–Crippen MR) is 43.0 cm³/mol. The van der Waals surface area contributed by atoms with Crippen LogP contribution in [0.2, 0.25) is 0 Å². The number of hydrogen-bond donors (Lipinski definition) is 1. The van der Waals surface area contributed by atoms with E-state index >= 15 is 0 Å². The molecule has 0 saturated carbocycles. The fourth-order valence-corrected chi connectivity index (χ4v) is 1.72. The van der Waals surface area contributed by atoms with E-state index in [2.05, 4.69) is 25.9 Å². The standard InChI is InChI=1S/C6H18NOP/c1-9(2,3)6-4-5-8-7/h4-6H2,1-3,7H3/q+2. The van der Waals surface area contributed by atoms with E-state index in [9.17, 15) is 0 Å². The summed E-state index contributed by atoms with van der Waals surface area (Å²) in [6.45, 7) is 7.85. The first-order chi connectivity index (χ1) is 4.06. The second kappa shape index (κ2) is 4.21. The minimum Gasteiger partial charge on any atom is -0.213 e. The predicted octanol–water partition coefficient (Wildman–Crippen LogP) is 0.457. The Labute approximate surface area is 58.1 Å². The maximum Gasteiger partial charge on any atom is 0.109 e. The molecule has 56 valence electrons. The molecular formula is C6H18NOP+2. The molecule has 0 atom stereocenters. The van der Waals surface area contributed by atoms with Crippen LogP contribution in [0.3, 0.4) is 0 Å². The molecule has 0 aromatic heterocycles. The Bertz CT molecular complexity index is 69.9. The quantitative estimate of drug-likeness (QED) is 0.353. The summed E-state index contributed by atoms with van der Waals surface area (Å²) in [4.78, 5) is 4.70. The van der Waals surface area contributed by atoms with Crippen molar-refractivity contribution < 1.29 is 10.7 Å². The van der Waals surface area contributed by atoms with Gasteiger partial charge in [-0.1, -0.05) is 0 Å². The van der Waals surface area contributed by atoms with Crippen LogP contribution in [0.15, 0.2) is 0 Å². The van der Waals surface area contributed by atoms with Crippen LogP contribution < -0.4 is 5.90 Å². The van der Waals surface area contributed by atoms with Crippen LogP contribution in [-0.4, -0.2) is 32.8 Å². The Kier molecular flexibility index (Phi) is 4.37. The molecule has 0 aromatic carbocycles. The van der Waals surface area contributed by atoms with Gasteiger partial charge in [-0.3, -0.25) is 0 Å². The van der Waals surface area contributed by atoms with Gasteiger partial charge in [0.1, 0.15) is 6.61 Å². The van der Waals surface area contributed by atoms with Gasteiger partial charge in [-0.15, -0.1) is 0 Å². The first-order valence-electron chi connectivity index (χ1n) is 3.24. The van der Waals surface area contributed by atoms with Gasteiger partial charge >= 0.3 is 0 Å².